The van der Waals surface area contributed by atoms with E-state index in [9.17, 15) is 19.3 Å². The van der Waals surface area contributed by atoms with Crippen molar-refractivity contribution < 1.29 is 18.8 Å². The molecule has 0 radical (unpaired) electrons. The zero-order valence-corrected chi connectivity index (χ0v) is 12.3. The molecule has 0 N–H and O–H groups in total. The normalized spacial score (nSPS) is 10.4. The first-order chi connectivity index (χ1) is 11.5. The minimum Gasteiger partial charge on any atom is -0.415 e. The summed E-state index contributed by atoms with van der Waals surface area (Å²) in [5, 5.41) is 10.9. The Kier molecular flexibility index (Phi) is 4.07. The van der Waals surface area contributed by atoms with Gasteiger partial charge in [0.05, 0.1) is 10.5 Å². The molecular formula is C17H11FN2O4. The first-order valence-corrected chi connectivity index (χ1v) is 6.94. The van der Waals surface area contributed by atoms with Crippen LogP contribution < -0.4 is 4.74 Å². The van der Waals surface area contributed by atoms with Crippen LogP contribution in [0.25, 0.3) is 5.69 Å². The number of aromatic nitrogens is 1. The van der Waals surface area contributed by atoms with Crippen LogP contribution in [0.3, 0.4) is 0 Å². The van der Waals surface area contributed by atoms with Crippen molar-refractivity contribution in [2.24, 2.45) is 0 Å². The van der Waals surface area contributed by atoms with Gasteiger partial charge in [-0.25, -0.2) is 9.18 Å². The molecule has 24 heavy (non-hydrogen) atoms. The van der Waals surface area contributed by atoms with Gasteiger partial charge in [0.1, 0.15) is 5.82 Å². The molecule has 1 aromatic heterocycles. The Labute approximate surface area is 135 Å². The second-order valence-electron chi connectivity index (χ2n) is 4.90. The summed E-state index contributed by atoms with van der Waals surface area (Å²) in [5.41, 5.74) is 0.439. The van der Waals surface area contributed by atoms with E-state index in [1.165, 1.54) is 6.07 Å². The zero-order chi connectivity index (χ0) is 17.1. The number of nitrogens with zero attached hydrogens (tertiary/aromatic N) is 2. The number of nitro benzene ring substituents is 1. The van der Waals surface area contributed by atoms with Crippen LogP contribution in [0.1, 0.15) is 10.4 Å². The van der Waals surface area contributed by atoms with Crippen LogP contribution in [-0.4, -0.2) is 15.5 Å². The van der Waals surface area contributed by atoms with Gasteiger partial charge < -0.3 is 9.30 Å². The lowest BCUT2D eigenvalue weighted by Gasteiger charge is -2.07. The first kappa shape index (κ1) is 15.4. The van der Waals surface area contributed by atoms with Gasteiger partial charge in [0.15, 0.2) is 0 Å². The molecule has 0 bridgehead atoms. The fraction of sp³-hybridized carbons (Fsp3) is 0. The molecule has 2 aromatic carbocycles. The van der Waals surface area contributed by atoms with Gasteiger partial charge in [-0.05, 0) is 36.4 Å². The van der Waals surface area contributed by atoms with Gasteiger partial charge in [0, 0.05) is 30.2 Å². The number of nitro groups is 1. The third-order valence-corrected chi connectivity index (χ3v) is 3.31. The number of carbonyl (C=O) groups is 1. The SMILES string of the molecule is O=C(Oc1cc(F)ccc1[N+](=O)[O-])c1cccc(-n2cccc2)c1. The van der Waals surface area contributed by atoms with Gasteiger partial charge in [-0.3, -0.25) is 10.1 Å². The molecule has 0 saturated heterocycles. The van der Waals surface area contributed by atoms with Crippen molar-refractivity contribution in [1.29, 1.82) is 0 Å². The highest BCUT2D eigenvalue weighted by Gasteiger charge is 2.20. The summed E-state index contributed by atoms with van der Waals surface area (Å²) < 4.78 is 20.1. The van der Waals surface area contributed by atoms with E-state index in [1.807, 2.05) is 24.5 Å². The summed E-state index contributed by atoms with van der Waals surface area (Å²) >= 11 is 0. The van der Waals surface area contributed by atoms with E-state index in [-0.39, 0.29) is 5.56 Å². The molecule has 3 rings (SSSR count). The average molecular weight is 326 g/mol. The molecule has 120 valence electrons. The predicted octanol–water partition coefficient (Wildman–Crippen LogP) is 3.74. The van der Waals surface area contributed by atoms with Gasteiger partial charge >= 0.3 is 11.7 Å². The van der Waals surface area contributed by atoms with Crippen LogP contribution in [0.4, 0.5) is 10.1 Å². The summed E-state index contributed by atoms with van der Waals surface area (Å²) in [4.78, 5) is 22.5. The molecule has 0 unspecified atom stereocenters. The number of hydrogen-bond donors (Lipinski definition) is 0. The lowest BCUT2D eigenvalue weighted by Crippen LogP contribution is -2.10. The van der Waals surface area contributed by atoms with E-state index in [0.717, 1.165) is 23.9 Å². The standard InChI is InChI=1S/C17H11FN2O4/c18-13-6-7-15(20(22)23)16(11-13)24-17(21)12-4-3-5-14(10-12)19-8-1-2-9-19/h1-11H. The highest BCUT2D eigenvalue weighted by atomic mass is 19.1. The van der Waals surface area contributed by atoms with Crippen molar-refractivity contribution in [3.63, 3.8) is 0 Å². The monoisotopic (exact) mass is 326 g/mol. The largest absolute Gasteiger partial charge is 0.415 e. The van der Waals surface area contributed by atoms with Crippen molar-refractivity contribution in [3.05, 3.63) is 88.5 Å². The summed E-state index contributed by atoms with van der Waals surface area (Å²) in [6.45, 7) is 0. The third-order valence-electron chi connectivity index (χ3n) is 3.31. The Morgan fingerprint density at radius 2 is 1.83 bits per heavy atom. The summed E-state index contributed by atoms with van der Waals surface area (Å²) in [5.74, 6) is -1.97. The van der Waals surface area contributed by atoms with Gasteiger partial charge in [-0.15, -0.1) is 0 Å². The van der Waals surface area contributed by atoms with Crippen LogP contribution in [-0.2, 0) is 0 Å². The van der Waals surface area contributed by atoms with Crippen LogP contribution in [0.2, 0.25) is 0 Å². The maximum Gasteiger partial charge on any atom is 0.343 e. The second kappa shape index (κ2) is 6.33. The maximum atomic E-state index is 13.3. The van der Waals surface area contributed by atoms with Crippen molar-refractivity contribution in [2.75, 3.05) is 0 Å². The van der Waals surface area contributed by atoms with Gasteiger partial charge in [-0.2, -0.15) is 0 Å². The molecule has 0 aliphatic carbocycles. The van der Waals surface area contributed by atoms with Crippen molar-refractivity contribution >= 4 is 11.7 Å². The minimum absolute atomic E-state index is 0.194. The predicted molar refractivity (Wildman–Crippen MR) is 83.8 cm³/mol. The summed E-state index contributed by atoms with van der Waals surface area (Å²) in [6.07, 6.45) is 3.61. The molecule has 0 saturated carbocycles. The number of halogens is 1. The van der Waals surface area contributed by atoms with Gasteiger partial charge in [-0.1, -0.05) is 6.07 Å². The third kappa shape index (κ3) is 3.14. The van der Waals surface area contributed by atoms with Gasteiger partial charge in [0.25, 0.3) is 0 Å². The van der Waals surface area contributed by atoms with Crippen LogP contribution >= 0.6 is 0 Å². The Hall–Kier alpha value is -3.48. The van der Waals surface area contributed by atoms with Crippen LogP contribution in [0, 0.1) is 15.9 Å². The van der Waals surface area contributed by atoms with E-state index in [4.69, 9.17) is 4.74 Å². The molecular weight excluding hydrogens is 315 g/mol. The van der Waals surface area contributed by atoms with Crippen LogP contribution in [0.5, 0.6) is 5.75 Å². The number of carbonyl (C=O) groups excluding carboxylic acids is 1. The fourth-order valence-electron chi connectivity index (χ4n) is 2.18. The Balaban J connectivity index is 1.90. The highest BCUT2D eigenvalue weighted by Crippen LogP contribution is 2.28. The number of rotatable bonds is 4. The first-order valence-electron chi connectivity index (χ1n) is 6.94. The molecule has 0 amide bonds. The highest BCUT2D eigenvalue weighted by molar-refractivity contribution is 5.92. The molecule has 0 spiro atoms. The number of esters is 1. The Morgan fingerprint density at radius 3 is 2.54 bits per heavy atom. The van der Waals surface area contributed by atoms with Gasteiger partial charge in [0.2, 0.25) is 5.75 Å². The molecule has 7 heteroatoms. The lowest BCUT2D eigenvalue weighted by molar-refractivity contribution is -0.385. The van der Waals surface area contributed by atoms with Crippen molar-refractivity contribution in [2.45, 2.75) is 0 Å². The topological polar surface area (TPSA) is 74.4 Å². The number of ether oxygens (including phenoxy) is 1. The Morgan fingerprint density at radius 1 is 1.08 bits per heavy atom. The zero-order valence-electron chi connectivity index (χ0n) is 12.3. The van der Waals surface area contributed by atoms with E-state index in [2.05, 4.69) is 0 Å². The van der Waals surface area contributed by atoms with Crippen LogP contribution in [0.15, 0.2) is 67.0 Å². The smallest absolute Gasteiger partial charge is 0.343 e. The quantitative estimate of drug-likeness (QED) is 0.317. The van der Waals surface area contributed by atoms with E-state index in [1.54, 1.807) is 22.8 Å². The molecule has 1 heterocycles. The maximum absolute atomic E-state index is 13.3. The summed E-state index contributed by atoms with van der Waals surface area (Å²) in [6, 6.07) is 12.9. The average Bonchev–Trinajstić information content (AvgIpc) is 3.09. The Bertz CT molecular complexity index is 907. The van der Waals surface area contributed by atoms with Crippen molar-refractivity contribution in [3.8, 4) is 11.4 Å². The second-order valence-corrected chi connectivity index (χ2v) is 4.90. The van der Waals surface area contributed by atoms with E-state index >= 15 is 0 Å². The molecule has 0 aliphatic heterocycles. The number of benzene rings is 2. The molecule has 0 fully saturated rings. The minimum atomic E-state index is -0.808. The number of hydrogen-bond acceptors (Lipinski definition) is 4. The molecule has 3 aromatic rings. The molecule has 6 nitrogen and oxygen atoms in total. The lowest BCUT2D eigenvalue weighted by atomic mass is 10.2. The van der Waals surface area contributed by atoms with Crippen molar-refractivity contribution in [1.82, 2.24) is 4.57 Å². The van der Waals surface area contributed by atoms with E-state index < -0.39 is 28.1 Å². The molecule has 0 atom stereocenters. The summed E-state index contributed by atoms with van der Waals surface area (Å²) in [7, 11) is 0. The molecule has 0 aliphatic rings. The van der Waals surface area contributed by atoms with E-state index in [0.29, 0.717) is 0 Å². The fourth-order valence-corrected chi connectivity index (χ4v) is 2.18.